The Balaban J connectivity index is 1.30. The van der Waals surface area contributed by atoms with Crippen LogP contribution < -0.4 is 20.5 Å². The van der Waals surface area contributed by atoms with Gasteiger partial charge in [0.1, 0.15) is 18.2 Å². The minimum absolute atomic E-state index is 0.0810. The van der Waals surface area contributed by atoms with Gasteiger partial charge in [-0.2, -0.15) is 0 Å². The van der Waals surface area contributed by atoms with E-state index in [-0.39, 0.29) is 30.6 Å². The molecule has 170 valence electrons. The van der Waals surface area contributed by atoms with E-state index in [1.165, 1.54) is 29.2 Å². The highest BCUT2D eigenvalue weighted by Gasteiger charge is 2.35. The van der Waals surface area contributed by atoms with Gasteiger partial charge < -0.3 is 9.64 Å². The third-order valence-electron chi connectivity index (χ3n) is 5.19. The number of hydrogen-bond donors (Lipinski definition) is 2. The maximum atomic E-state index is 13.1. The number of anilines is 2. The molecule has 4 rings (SSSR count). The van der Waals surface area contributed by atoms with Gasteiger partial charge in [0.2, 0.25) is 11.8 Å². The van der Waals surface area contributed by atoms with E-state index in [4.69, 9.17) is 27.9 Å². The lowest BCUT2D eigenvalue weighted by Gasteiger charge is -2.17. The molecule has 0 aliphatic carbocycles. The highest BCUT2D eigenvalue weighted by atomic mass is 35.5. The van der Waals surface area contributed by atoms with Crippen molar-refractivity contribution in [2.45, 2.75) is 13.0 Å². The predicted octanol–water partition coefficient (Wildman–Crippen LogP) is 5.21. The van der Waals surface area contributed by atoms with Crippen molar-refractivity contribution >= 4 is 46.4 Å². The molecule has 9 heteroatoms. The molecule has 6 nitrogen and oxygen atoms in total. The Labute approximate surface area is 200 Å². The Morgan fingerprint density at radius 2 is 1.85 bits per heavy atom. The van der Waals surface area contributed by atoms with Crippen LogP contribution in [0.4, 0.5) is 15.8 Å². The van der Waals surface area contributed by atoms with E-state index in [1.807, 2.05) is 6.07 Å². The van der Waals surface area contributed by atoms with E-state index in [1.54, 1.807) is 36.4 Å². The number of amides is 2. The quantitative estimate of drug-likeness (QED) is 0.449. The molecule has 33 heavy (non-hydrogen) atoms. The Bertz CT molecular complexity index is 1170. The maximum Gasteiger partial charge on any atom is 0.243 e. The third kappa shape index (κ3) is 5.74. The lowest BCUT2D eigenvalue weighted by atomic mass is 10.1. The summed E-state index contributed by atoms with van der Waals surface area (Å²) in [7, 11) is 0. The second-order valence-corrected chi connectivity index (χ2v) is 8.38. The summed E-state index contributed by atoms with van der Waals surface area (Å²) in [5.74, 6) is -0.801. The fraction of sp³-hybridized carbons (Fsp3) is 0.167. The summed E-state index contributed by atoms with van der Waals surface area (Å²) >= 11 is 12.0. The van der Waals surface area contributed by atoms with Crippen molar-refractivity contribution in [3.05, 3.63) is 88.2 Å². The number of rotatable bonds is 7. The minimum Gasteiger partial charge on any atom is -0.489 e. The van der Waals surface area contributed by atoms with Crippen LogP contribution in [0.5, 0.6) is 5.75 Å². The average Bonchev–Trinajstić information content (AvgIpc) is 3.21. The van der Waals surface area contributed by atoms with E-state index in [9.17, 15) is 14.0 Å². The van der Waals surface area contributed by atoms with Crippen LogP contribution in [-0.4, -0.2) is 18.4 Å². The molecule has 2 amide bonds. The molecule has 1 aliphatic rings. The van der Waals surface area contributed by atoms with E-state index >= 15 is 0 Å². The summed E-state index contributed by atoms with van der Waals surface area (Å²) in [4.78, 5) is 26.4. The fourth-order valence-corrected chi connectivity index (χ4v) is 3.77. The maximum absolute atomic E-state index is 13.1. The average molecular weight is 488 g/mol. The zero-order chi connectivity index (χ0) is 23.4. The smallest absolute Gasteiger partial charge is 0.243 e. The Morgan fingerprint density at radius 1 is 1.06 bits per heavy atom. The zero-order valence-corrected chi connectivity index (χ0v) is 18.9. The molecular formula is C24H20Cl2FN3O3. The van der Waals surface area contributed by atoms with E-state index in [0.29, 0.717) is 33.8 Å². The van der Waals surface area contributed by atoms with Crippen molar-refractivity contribution in [3.63, 3.8) is 0 Å². The molecule has 3 aromatic rings. The first-order valence-corrected chi connectivity index (χ1v) is 10.9. The SMILES string of the molecule is O=C(NNc1cccc(OCc2ccc(Cl)c(Cl)c2)c1)[C@H]1CC(=O)N(c2ccc(F)cc2)C1. The van der Waals surface area contributed by atoms with Crippen molar-refractivity contribution in [2.24, 2.45) is 5.92 Å². The molecule has 1 atom stereocenters. The summed E-state index contributed by atoms with van der Waals surface area (Å²) < 4.78 is 18.9. The molecule has 0 unspecified atom stereocenters. The first kappa shape index (κ1) is 22.9. The summed E-state index contributed by atoms with van der Waals surface area (Å²) in [6.07, 6.45) is 0.0810. The van der Waals surface area contributed by atoms with Crippen molar-refractivity contribution in [1.29, 1.82) is 0 Å². The van der Waals surface area contributed by atoms with Gasteiger partial charge in [-0.25, -0.2) is 4.39 Å². The number of ether oxygens (including phenoxy) is 1. The lowest BCUT2D eigenvalue weighted by molar-refractivity contribution is -0.125. The van der Waals surface area contributed by atoms with Crippen LogP contribution in [0.15, 0.2) is 66.7 Å². The number of nitrogens with zero attached hydrogens (tertiary/aromatic N) is 1. The van der Waals surface area contributed by atoms with Crippen molar-refractivity contribution in [3.8, 4) is 5.75 Å². The zero-order valence-electron chi connectivity index (χ0n) is 17.4. The molecular weight excluding hydrogens is 468 g/mol. The van der Waals surface area contributed by atoms with Crippen molar-refractivity contribution in [2.75, 3.05) is 16.9 Å². The van der Waals surface area contributed by atoms with E-state index in [0.717, 1.165) is 5.56 Å². The molecule has 1 heterocycles. The molecule has 1 fully saturated rings. The molecule has 1 saturated heterocycles. The van der Waals surface area contributed by atoms with Crippen LogP contribution in [0.3, 0.4) is 0 Å². The first-order chi connectivity index (χ1) is 15.9. The van der Waals surface area contributed by atoms with Crippen LogP contribution in [0, 0.1) is 11.7 Å². The number of halogens is 3. The molecule has 0 aromatic heterocycles. The largest absolute Gasteiger partial charge is 0.489 e. The van der Waals surface area contributed by atoms with Crippen LogP contribution in [0.1, 0.15) is 12.0 Å². The highest BCUT2D eigenvalue weighted by molar-refractivity contribution is 6.42. The molecule has 0 bridgehead atoms. The summed E-state index contributed by atoms with van der Waals surface area (Å²) in [5, 5.41) is 0.936. The topological polar surface area (TPSA) is 70.7 Å². The van der Waals surface area contributed by atoms with Gasteiger partial charge in [-0.1, -0.05) is 35.3 Å². The first-order valence-electron chi connectivity index (χ1n) is 10.2. The molecule has 1 aliphatic heterocycles. The van der Waals surface area contributed by atoms with Gasteiger partial charge in [0.15, 0.2) is 0 Å². The number of hydrazine groups is 1. The molecule has 0 saturated carbocycles. The van der Waals surface area contributed by atoms with Crippen LogP contribution in [0.2, 0.25) is 10.0 Å². The van der Waals surface area contributed by atoms with Crippen molar-refractivity contribution in [1.82, 2.24) is 5.43 Å². The minimum atomic E-state index is -0.524. The number of carbonyl (C=O) groups is 2. The second-order valence-electron chi connectivity index (χ2n) is 7.56. The van der Waals surface area contributed by atoms with Gasteiger partial charge in [-0.05, 0) is 54.1 Å². The van der Waals surface area contributed by atoms with Crippen molar-refractivity contribution < 1.29 is 18.7 Å². The van der Waals surface area contributed by atoms with Gasteiger partial charge in [-0.15, -0.1) is 0 Å². The summed E-state index contributed by atoms with van der Waals surface area (Å²) in [5.41, 5.74) is 7.55. The van der Waals surface area contributed by atoms with Gasteiger partial charge in [0.25, 0.3) is 0 Å². The van der Waals surface area contributed by atoms with Crippen LogP contribution >= 0.6 is 23.2 Å². The third-order valence-corrected chi connectivity index (χ3v) is 5.93. The van der Waals surface area contributed by atoms with Crippen LogP contribution in [0.25, 0.3) is 0 Å². The standard InChI is InChI=1S/C24H20Cl2FN3O3/c25-21-9-4-15(10-22(21)26)14-33-20-3-1-2-18(12-20)28-29-24(32)16-11-23(31)30(13-16)19-7-5-17(27)6-8-19/h1-10,12,16,28H,11,13-14H2,(H,29,32)/t16-/m0/s1. The predicted molar refractivity (Wildman–Crippen MR) is 126 cm³/mol. The Morgan fingerprint density at radius 3 is 2.61 bits per heavy atom. The second kappa shape index (κ2) is 10.1. The van der Waals surface area contributed by atoms with Gasteiger partial charge in [0.05, 0.1) is 21.7 Å². The molecule has 0 spiro atoms. The normalized spacial score (nSPS) is 15.4. The monoisotopic (exact) mass is 487 g/mol. The number of nitrogens with one attached hydrogen (secondary N) is 2. The summed E-state index contributed by atoms with van der Waals surface area (Å²) in [6.45, 7) is 0.529. The van der Waals surface area contributed by atoms with E-state index < -0.39 is 5.92 Å². The molecule has 0 radical (unpaired) electrons. The van der Waals surface area contributed by atoms with E-state index in [2.05, 4.69) is 10.9 Å². The summed E-state index contributed by atoms with van der Waals surface area (Å²) in [6, 6.07) is 18.0. The number of hydrogen-bond acceptors (Lipinski definition) is 4. The van der Waals surface area contributed by atoms with Gasteiger partial charge in [0, 0.05) is 24.7 Å². The molecule has 3 aromatic carbocycles. The Hall–Kier alpha value is -3.29. The highest BCUT2D eigenvalue weighted by Crippen LogP contribution is 2.26. The fourth-order valence-electron chi connectivity index (χ4n) is 3.45. The number of benzene rings is 3. The number of carbonyl (C=O) groups excluding carboxylic acids is 2. The lowest BCUT2D eigenvalue weighted by Crippen LogP contribution is -2.36. The molecule has 2 N–H and O–H groups in total. The van der Waals surface area contributed by atoms with Gasteiger partial charge in [-0.3, -0.25) is 20.4 Å². The van der Waals surface area contributed by atoms with Gasteiger partial charge >= 0.3 is 0 Å². The Kier molecular flexibility index (Phi) is 7.01. The van der Waals surface area contributed by atoms with Crippen LogP contribution in [-0.2, 0) is 16.2 Å².